The lowest BCUT2D eigenvalue weighted by molar-refractivity contribution is -0.184. The van der Waals surface area contributed by atoms with Crippen molar-refractivity contribution in [1.82, 2.24) is 5.06 Å². The molecule has 3 rings (SSSR count). The highest BCUT2D eigenvalue weighted by Crippen LogP contribution is 2.32. The van der Waals surface area contributed by atoms with Crippen molar-refractivity contribution in [3.8, 4) is 17.2 Å². The number of carbonyl (C=O) groups is 1. The number of halogens is 2. The summed E-state index contributed by atoms with van der Waals surface area (Å²) in [5.41, 5.74) is 0. The summed E-state index contributed by atoms with van der Waals surface area (Å²) in [7, 11) is 0. The van der Waals surface area contributed by atoms with Crippen LogP contribution in [0.3, 0.4) is 0 Å². The van der Waals surface area contributed by atoms with Crippen LogP contribution in [0.15, 0.2) is 42.5 Å². The number of benzene rings is 2. The second kappa shape index (κ2) is 8.16. The molecule has 1 saturated heterocycles. The average molecular weight is 396 g/mol. The summed E-state index contributed by atoms with van der Waals surface area (Å²) in [5, 5.41) is 2.34. The largest absolute Gasteiger partial charge is 0.481 e. The van der Waals surface area contributed by atoms with Crippen molar-refractivity contribution in [2.75, 3.05) is 6.54 Å². The lowest BCUT2D eigenvalue weighted by Gasteiger charge is -2.20. The highest BCUT2D eigenvalue weighted by molar-refractivity contribution is 6.35. The average Bonchev–Trinajstić information content (AvgIpc) is 3.04. The molecule has 2 aromatic carbocycles. The zero-order valence-corrected chi connectivity index (χ0v) is 16.0. The molecule has 0 spiro atoms. The molecule has 2 aromatic rings. The minimum Gasteiger partial charge on any atom is -0.481 e. The van der Waals surface area contributed by atoms with Gasteiger partial charge in [0.2, 0.25) is 0 Å². The maximum Gasteiger partial charge on any atom is 0.286 e. The molecule has 1 fully saturated rings. The van der Waals surface area contributed by atoms with Crippen molar-refractivity contribution in [1.29, 1.82) is 0 Å². The Morgan fingerprint density at radius 3 is 2.50 bits per heavy atom. The van der Waals surface area contributed by atoms with E-state index in [1.807, 2.05) is 6.92 Å². The molecule has 0 saturated carbocycles. The second-order valence-corrected chi connectivity index (χ2v) is 6.90. The summed E-state index contributed by atoms with van der Waals surface area (Å²) in [4.78, 5) is 17.7. The summed E-state index contributed by atoms with van der Waals surface area (Å²) in [6.07, 6.45) is 0.248. The summed E-state index contributed by atoms with van der Waals surface area (Å²) in [5.74, 6) is 1.47. The van der Waals surface area contributed by atoms with E-state index in [0.717, 1.165) is 6.42 Å². The molecule has 7 heteroatoms. The highest BCUT2D eigenvalue weighted by Gasteiger charge is 2.29. The fourth-order valence-electron chi connectivity index (χ4n) is 2.51. The van der Waals surface area contributed by atoms with Gasteiger partial charge in [-0.1, -0.05) is 23.2 Å². The maximum absolute atomic E-state index is 12.3. The van der Waals surface area contributed by atoms with Crippen molar-refractivity contribution in [2.24, 2.45) is 0 Å². The Morgan fingerprint density at radius 2 is 1.88 bits per heavy atom. The van der Waals surface area contributed by atoms with Crippen LogP contribution in [0.25, 0.3) is 0 Å². The second-order valence-electron chi connectivity index (χ2n) is 6.05. The number of hydroxylamine groups is 2. The molecule has 0 N–H and O–H groups in total. The normalized spacial score (nSPS) is 17.8. The Labute approximate surface area is 162 Å². The lowest BCUT2D eigenvalue weighted by atomic mass is 10.3. The maximum atomic E-state index is 12.3. The van der Waals surface area contributed by atoms with Crippen molar-refractivity contribution in [3.63, 3.8) is 0 Å². The first-order valence-electron chi connectivity index (χ1n) is 8.30. The van der Waals surface area contributed by atoms with Gasteiger partial charge >= 0.3 is 0 Å². The van der Waals surface area contributed by atoms with E-state index in [1.54, 1.807) is 49.4 Å². The van der Waals surface area contributed by atoms with E-state index in [2.05, 4.69) is 0 Å². The number of rotatable bonds is 5. The predicted octanol–water partition coefficient (Wildman–Crippen LogP) is 5.11. The smallest absolute Gasteiger partial charge is 0.286 e. The monoisotopic (exact) mass is 395 g/mol. The molecule has 1 heterocycles. The van der Waals surface area contributed by atoms with Crippen LogP contribution in [0, 0.1) is 0 Å². The van der Waals surface area contributed by atoms with Gasteiger partial charge in [0.15, 0.2) is 6.10 Å². The molecule has 0 bridgehead atoms. The van der Waals surface area contributed by atoms with E-state index in [-0.39, 0.29) is 12.0 Å². The Morgan fingerprint density at radius 1 is 1.19 bits per heavy atom. The van der Waals surface area contributed by atoms with Crippen LogP contribution in [0.5, 0.6) is 17.2 Å². The van der Waals surface area contributed by atoms with Crippen LogP contribution in [0.2, 0.25) is 10.0 Å². The van der Waals surface area contributed by atoms with Crippen molar-refractivity contribution in [3.05, 3.63) is 52.5 Å². The number of hydrogen-bond donors (Lipinski definition) is 0. The lowest BCUT2D eigenvalue weighted by Crippen LogP contribution is -2.38. The molecule has 1 amide bonds. The van der Waals surface area contributed by atoms with Crippen LogP contribution < -0.4 is 9.47 Å². The van der Waals surface area contributed by atoms with E-state index in [0.29, 0.717) is 33.8 Å². The first-order valence-corrected chi connectivity index (χ1v) is 9.06. The van der Waals surface area contributed by atoms with Crippen LogP contribution >= 0.6 is 23.2 Å². The van der Waals surface area contributed by atoms with Crippen LogP contribution in [0.4, 0.5) is 0 Å². The van der Waals surface area contributed by atoms with Gasteiger partial charge in [-0.25, -0.2) is 5.06 Å². The molecule has 26 heavy (non-hydrogen) atoms. The third-order valence-corrected chi connectivity index (χ3v) is 4.43. The van der Waals surface area contributed by atoms with Crippen LogP contribution in [-0.4, -0.2) is 29.7 Å². The van der Waals surface area contributed by atoms with Gasteiger partial charge in [-0.3, -0.25) is 9.63 Å². The zero-order valence-electron chi connectivity index (χ0n) is 14.4. The summed E-state index contributed by atoms with van der Waals surface area (Å²) >= 11 is 12.0. The third-order valence-electron chi connectivity index (χ3n) is 3.90. The fourth-order valence-corrected chi connectivity index (χ4v) is 2.96. The third kappa shape index (κ3) is 4.61. The molecule has 0 aromatic heterocycles. The fraction of sp³-hybridized carbons (Fsp3) is 0.316. The first-order chi connectivity index (χ1) is 12.4. The molecule has 1 aliphatic heterocycles. The van der Waals surface area contributed by atoms with Gasteiger partial charge in [0.05, 0.1) is 17.7 Å². The number of amides is 1. The Balaban J connectivity index is 1.59. The molecule has 5 nitrogen and oxygen atoms in total. The van der Waals surface area contributed by atoms with E-state index in [1.165, 1.54) is 5.06 Å². The minimum absolute atomic E-state index is 0.0577. The summed E-state index contributed by atoms with van der Waals surface area (Å²) in [6, 6.07) is 12.0. The molecule has 2 unspecified atom stereocenters. The van der Waals surface area contributed by atoms with Crippen molar-refractivity contribution >= 4 is 29.1 Å². The van der Waals surface area contributed by atoms with Gasteiger partial charge in [-0.15, -0.1) is 0 Å². The van der Waals surface area contributed by atoms with Crippen molar-refractivity contribution in [2.45, 2.75) is 32.5 Å². The zero-order chi connectivity index (χ0) is 18.7. The standard InChI is InChI=1S/C19H19Cl2NO4/c1-12-9-10-22(26-12)19(23)13(2)24-15-4-6-16(7-5-15)25-18-8-3-14(20)11-17(18)21/h3-8,11-13H,9-10H2,1-2H3. The topological polar surface area (TPSA) is 48.0 Å². The molecule has 138 valence electrons. The van der Waals surface area contributed by atoms with Gasteiger partial charge in [-0.2, -0.15) is 0 Å². The first kappa shape index (κ1) is 18.8. The summed E-state index contributed by atoms with van der Waals surface area (Å²) < 4.78 is 11.4. The molecule has 2 atom stereocenters. The number of hydrogen-bond acceptors (Lipinski definition) is 4. The molecule has 0 aliphatic carbocycles. The van der Waals surface area contributed by atoms with Crippen molar-refractivity contribution < 1.29 is 19.1 Å². The predicted molar refractivity (Wildman–Crippen MR) is 99.9 cm³/mol. The highest BCUT2D eigenvalue weighted by atomic mass is 35.5. The van der Waals surface area contributed by atoms with Gasteiger partial charge < -0.3 is 9.47 Å². The Kier molecular flexibility index (Phi) is 5.91. The molecule has 1 aliphatic rings. The molecular weight excluding hydrogens is 377 g/mol. The molecular formula is C19H19Cl2NO4. The van der Waals surface area contributed by atoms with E-state index in [4.69, 9.17) is 37.5 Å². The quantitative estimate of drug-likeness (QED) is 0.705. The minimum atomic E-state index is -0.641. The van der Waals surface area contributed by atoms with Gasteiger partial charge in [0.25, 0.3) is 5.91 Å². The summed E-state index contributed by atoms with van der Waals surface area (Å²) in [6.45, 7) is 4.22. The number of ether oxygens (including phenoxy) is 2. The van der Waals surface area contributed by atoms with Gasteiger partial charge in [0.1, 0.15) is 17.2 Å². The Hall–Kier alpha value is -1.95. The van der Waals surface area contributed by atoms with E-state index >= 15 is 0 Å². The van der Waals surface area contributed by atoms with Crippen LogP contribution in [-0.2, 0) is 9.63 Å². The van der Waals surface area contributed by atoms with Gasteiger partial charge in [-0.05, 0) is 62.7 Å². The van der Waals surface area contributed by atoms with Gasteiger partial charge in [0, 0.05) is 5.02 Å². The Bertz CT molecular complexity index is 782. The SMILES string of the molecule is CC1CCN(C(=O)C(C)Oc2ccc(Oc3ccc(Cl)cc3Cl)cc2)O1. The number of carbonyl (C=O) groups excluding carboxylic acids is 1. The number of nitrogens with zero attached hydrogens (tertiary/aromatic N) is 1. The van der Waals surface area contributed by atoms with E-state index in [9.17, 15) is 4.79 Å². The molecule has 0 radical (unpaired) electrons. The van der Waals surface area contributed by atoms with E-state index < -0.39 is 6.10 Å². The van der Waals surface area contributed by atoms with Crippen LogP contribution in [0.1, 0.15) is 20.3 Å².